The highest BCUT2D eigenvalue weighted by Crippen LogP contribution is 2.30. The highest BCUT2D eigenvalue weighted by molar-refractivity contribution is 7.98. The fourth-order valence-electron chi connectivity index (χ4n) is 3.05. The maximum Gasteiger partial charge on any atom is 0.196 e. The van der Waals surface area contributed by atoms with Crippen molar-refractivity contribution in [1.82, 2.24) is 19.7 Å². The Morgan fingerprint density at radius 3 is 2.48 bits per heavy atom. The van der Waals surface area contributed by atoms with Gasteiger partial charge in [-0.2, -0.15) is 0 Å². The molecule has 0 aliphatic heterocycles. The quantitative estimate of drug-likeness (QED) is 0.413. The smallest absolute Gasteiger partial charge is 0.196 e. The first-order chi connectivity index (χ1) is 14.2. The van der Waals surface area contributed by atoms with Crippen molar-refractivity contribution in [1.29, 1.82) is 0 Å². The number of thioether (sulfide) groups is 1. The van der Waals surface area contributed by atoms with E-state index in [2.05, 4.69) is 51.8 Å². The lowest BCUT2D eigenvalue weighted by molar-refractivity contribution is 0.414. The molecule has 2 heterocycles. The van der Waals surface area contributed by atoms with Gasteiger partial charge in [-0.3, -0.25) is 9.55 Å². The van der Waals surface area contributed by atoms with E-state index in [1.165, 1.54) is 16.7 Å². The summed E-state index contributed by atoms with van der Waals surface area (Å²) in [6.07, 6.45) is 3.56. The minimum absolute atomic E-state index is 0.769. The second kappa shape index (κ2) is 8.49. The third kappa shape index (κ3) is 4.17. The normalized spacial score (nSPS) is 10.9. The SMILES string of the molecule is COc1ccc(-n2c(SCc3ccc(C)c(C)c3)nnc2-c2cccnc2)cc1. The number of benzene rings is 2. The maximum absolute atomic E-state index is 5.30. The first kappa shape index (κ1) is 19.2. The van der Waals surface area contributed by atoms with Gasteiger partial charge >= 0.3 is 0 Å². The lowest BCUT2D eigenvalue weighted by atomic mass is 10.1. The highest BCUT2D eigenvalue weighted by Gasteiger charge is 2.16. The van der Waals surface area contributed by atoms with Gasteiger partial charge in [-0.1, -0.05) is 30.0 Å². The zero-order valence-corrected chi connectivity index (χ0v) is 17.5. The molecular weight excluding hydrogens is 380 g/mol. The molecule has 2 aromatic heterocycles. The summed E-state index contributed by atoms with van der Waals surface area (Å²) in [7, 11) is 1.67. The monoisotopic (exact) mass is 402 g/mol. The van der Waals surface area contributed by atoms with E-state index in [0.29, 0.717) is 0 Å². The average molecular weight is 403 g/mol. The molecule has 4 aromatic rings. The van der Waals surface area contributed by atoms with Crippen LogP contribution in [0.25, 0.3) is 17.1 Å². The number of hydrogen-bond donors (Lipinski definition) is 0. The second-order valence-electron chi connectivity index (χ2n) is 6.79. The van der Waals surface area contributed by atoms with Crippen LogP contribution < -0.4 is 4.74 Å². The van der Waals surface area contributed by atoms with Crippen molar-refractivity contribution < 1.29 is 4.74 Å². The third-order valence-corrected chi connectivity index (χ3v) is 5.82. The molecule has 0 aliphatic carbocycles. The van der Waals surface area contributed by atoms with E-state index in [1.807, 2.05) is 42.6 Å². The first-order valence-electron chi connectivity index (χ1n) is 9.35. The number of ether oxygens (including phenoxy) is 1. The molecule has 0 aliphatic rings. The molecule has 0 saturated heterocycles. The van der Waals surface area contributed by atoms with Crippen molar-refractivity contribution in [3.05, 3.63) is 83.7 Å². The fourth-order valence-corrected chi connectivity index (χ4v) is 3.95. The van der Waals surface area contributed by atoms with E-state index >= 15 is 0 Å². The van der Waals surface area contributed by atoms with Crippen molar-refractivity contribution in [2.75, 3.05) is 7.11 Å². The van der Waals surface area contributed by atoms with Crippen LogP contribution in [-0.2, 0) is 5.75 Å². The van der Waals surface area contributed by atoms with E-state index in [4.69, 9.17) is 4.74 Å². The molecular formula is C23H22N4OS. The van der Waals surface area contributed by atoms with Crippen LogP contribution >= 0.6 is 11.8 Å². The number of hydrogen-bond acceptors (Lipinski definition) is 5. The number of pyridine rings is 1. The summed E-state index contributed by atoms with van der Waals surface area (Å²) in [5.41, 5.74) is 5.78. The minimum Gasteiger partial charge on any atom is -0.497 e. The molecule has 0 saturated carbocycles. The number of aryl methyl sites for hydroxylation is 2. The Balaban J connectivity index is 1.71. The van der Waals surface area contributed by atoms with E-state index in [9.17, 15) is 0 Å². The van der Waals surface area contributed by atoms with Crippen molar-refractivity contribution >= 4 is 11.8 Å². The second-order valence-corrected chi connectivity index (χ2v) is 7.73. The molecule has 29 heavy (non-hydrogen) atoms. The van der Waals surface area contributed by atoms with E-state index in [1.54, 1.807) is 25.1 Å². The van der Waals surface area contributed by atoms with Crippen LogP contribution in [-0.4, -0.2) is 26.9 Å². The van der Waals surface area contributed by atoms with Gasteiger partial charge in [-0.05, 0) is 66.9 Å². The van der Waals surface area contributed by atoms with E-state index in [-0.39, 0.29) is 0 Å². The Bertz CT molecular complexity index is 1110. The summed E-state index contributed by atoms with van der Waals surface area (Å²) in [5.74, 6) is 2.41. The molecule has 0 radical (unpaired) electrons. The molecule has 0 unspecified atom stereocenters. The molecule has 146 valence electrons. The molecule has 0 atom stereocenters. The van der Waals surface area contributed by atoms with E-state index in [0.717, 1.165) is 33.7 Å². The van der Waals surface area contributed by atoms with Crippen LogP contribution in [0, 0.1) is 13.8 Å². The Hall–Kier alpha value is -3.12. The van der Waals surface area contributed by atoms with Crippen LogP contribution in [0.15, 0.2) is 72.1 Å². The summed E-state index contributed by atoms with van der Waals surface area (Å²) in [5, 5.41) is 9.79. The van der Waals surface area contributed by atoms with Gasteiger partial charge in [0.2, 0.25) is 0 Å². The summed E-state index contributed by atoms with van der Waals surface area (Å²) in [6.45, 7) is 4.27. The number of nitrogens with zero attached hydrogens (tertiary/aromatic N) is 4. The average Bonchev–Trinajstić information content (AvgIpc) is 3.19. The van der Waals surface area contributed by atoms with Crippen molar-refractivity contribution in [3.8, 4) is 22.8 Å². The van der Waals surface area contributed by atoms with Gasteiger partial charge in [0, 0.05) is 29.4 Å². The molecule has 0 fully saturated rings. The number of aromatic nitrogens is 4. The lowest BCUT2D eigenvalue weighted by Gasteiger charge is -2.11. The number of methoxy groups -OCH3 is 1. The van der Waals surface area contributed by atoms with Gasteiger partial charge < -0.3 is 4.74 Å². The Kier molecular flexibility index (Phi) is 5.62. The molecule has 0 spiro atoms. The topological polar surface area (TPSA) is 52.8 Å². The van der Waals surface area contributed by atoms with Gasteiger partial charge in [-0.15, -0.1) is 10.2 Å². The van der Waals surface area contributed by atoms with Gasteiger partial charge in [0.05, 0.1) is 7.11 Å². The van der Waals surface area contributed by atoms with Crippen molar-refractivity contribution in [2.24, 2.45) is 0 Å². The predicted molar refractivity (Wildman–Crippen MR) is 117 cm³/mol. The summed E-state index contributed by atoms with van der Waals surface area (Å²) in [4.78, 5) is 4.24. The number of rotatable bonds is 6. The lowest BCUT2D eigenvalue weighted by Crippen LogP contribution is -2.00. The summed E-state index contributed by atoms with van der Waals surface area (Å²) >= 11 is 1.67. The Morgan fingerprint density at radius 1 is 0.966 bits per heavy atom. The third-order valence-electron chi connectivity index (χ3n) is 4.82. The zero-order valence-electron chi connectivity index (χ0n) is 16.7. The van der Waals surface area contributed by atoms with Crippen molar-refractivity contribution in [3.63, 3.8) is 0 Å². The van der Waals surface area contributed by atoms with E-state index < -0.39 is 0 Å². The largest absolute Gasteiger partial charge is 0.497 e. The summed E-state index contributed by atoms with van der Waals surface area (Å²) in [6, 6.07) is 18.4. The Morgan fingerprint density at radius 2 is 1.79 bits per heavy atom. The maximum atomic E-state index is 5.30. The Labute approximate surface area is 174 Å². The fraction of sp³-hybridized carbons (Fsp3) is 0.174. The zero-order chi connectivity index (χ0) is 20.2. The van der Waals surface area contributed by atoms with Crippen LogP contribution in [0.4, 0.5) is 0 Å². The standard InChI is InChI=1S/C23H22N4OS/c1-16-6-7-18(13-17(16)2)15-29-23-26-25-22(19-5-4-12-24-14-19)27(23)20-8-10-21(28-3)11-9-20/h4-14H,15H2,1-3H3. The summed E-state index contributed by atoms with van der Waals surface area (Å²) < 4.78 is 7.37. The van der Waals surface area contributed by atoms with Gasteiger partial charge in [0.1, 0.15) is 5.75 Å². The first-order valence-corrected chi connectivity index (χ1v) is 10.3. The molecule has 0 bridgehead atoms. The van der Waals surface area contributed by atoms with Gasteiger partial charge in [0.25, 0.3) is 0 Å². The molecule has 2 aromatic carbocycles. The molecule has 5 nitrogen and oxygen atoms in total. The van der Waals surface area contributed by atoms with Crippen LogP contribution in [0.5, 0.6) is 5.75 Å². The van der Waals surface area contributed by atoms with Crippen LogP contribution in [0.3, 0.4) is 0 Å². The molecule has 0 N–H and O–H groups in total. The van der Waals surface area contributed by atoms with Gasteiger partial charge in [0.15, 0.2) is 11.0 Å². The van der Waals surface area contributed by atoms with Crippen molar-refractivity contribution in [2.45, 2.75) is 24.8 Å². The van der Waals surface area contributed by atoms with Crippen LogP contribution in [0.2, 0.25) is 0 Å². The molecule has 0 amide bonds. The minimum atomic E-state index is 0.769. The molecule has 4 rings (SSSR count). The molecule has 6 heteroatoms. The highest BCUT2D eigenvalue weighted by atomic mass is 32.2. The van der Waals surface area contributed by atoms with Gasteiger partial charge in [-0.25, -0.2) is 0 Å². The predicted octanol–water partition coefficient (Wildman–Crippen LogP) is 5.25. The van der Waals surface area contributed by atoms with Crippen LogP contribution in [0.1, 0.15) is 16.7 Å².